The topological polar surface area (TPSA) is 53.9 Å². The van der Waals surface area contributed by atoms with E-state index in [9.17, 15) is 0 Å². The molecule has 1 fully saturated rings. The number of aromatic nitrogens is 2. The van der Waals surface area contributed by atoms with Gasteiger partial charge in [-0.15, -0.1) is 0 Å². The van der Waals surface area contributed by atoms with Crippen LogP contribution in [0.15, 0.2) is 28.9 Å². The van der Waals surface area contributed by atoms with E-state index in [1.807, 2.05) is 12.4 Å². The highest BCUT2D eigenvalue weighted by atomic mass is 16.3. The fourth-order valence-corrected chi connectivity index (χ4v) is 2.11. The van der Waals surface area contributed by atoms with Crippen LogP contribution in [0.4, 0.5) is 0 Å². The number of aromatic amines is 1. The molecule has 1 aliphatic carbocycles. The van der Waals surface area contributed by atoms with Crippen molar-refractivity contribution in [3.63, 3.8) is 0 Å². The van der Waals surface area contributed by atoms with Gasteiger partial charge in [0.05, 0.1) is 12.7 Å². The van der Waals surface area contributed by atoms with Crippen LogP contribution in [0.3, 0.4) is 0 Å². The second-order valence-electron chi connectivity index (χ2n) is 4.83. The largest absolute Gasteiger partial charge is 0.464 e. The first kappa shape index (κ1) is 10.6. The lowest BCUT2D eigenvalue weighted by atomic mass is 10.3. The Morgan fingerprint density at radius 3 is 3.06 bits per heavy atom. The maximum absolute atomic E-state index is 5.81. The number of nitrogens with zero attached hydrogens (tertiary/aromatic N) is 1. The van der Waals surface area contributed by atoms with Gasteiger partial charge in [0.2, 0.25) is 0 Å². The lowest BCUT2D eigenvalue weighted by Gasteiger charge is -1.99. The Labute approximate surface area is 100 Å². The Hall–Kier alpha value is -1.55. The lowest BCUT2D eigenvalue weighted by molar-refractivity contribution is 0.444. The van der Waals surface area contributed by atoms with Crippen LogP contribution < -0.4 is 5.32 Å². The van der Waals surface area contributed by atoms with Gasteiger partial charge in [-0.25, -0.2) is 0 Å². The molecule has 0 bridgehead atoms. The maximum atomic E-state index is 5.81. The average Bonchev–Trinajstić information content (AvgIpc) is 2.76. The molecule has 2 aromatic heterocycles. The fraction of sp³-hybridized carbons (Fsp3) is 0.462. The standard InChI is InChI=1S/C13H17N3O/c1-9-4-12(9)13-3-2-11(17-13)8-14-5-10-6-15-16-7-10/h2-3,6-7,9,12,14H,4-5,8H2,1H3,(H,15,16). The Morgan fingerprint density at radius 1 is 1.47 bits per heavy atom. The SMILES string of the molecule is CC1CC1c1ccc(CNCc2cn[nH]c2)o1. The van der Waals surface area contributed by atoms with Gasteiger partial charge < -0.3 is 9.73 Å². The van der Waals surface area contributed by atoms with Crippen molar-refractivity contribution in [2.24, 2.45) is 5.92 Å². The molecule has 0 aliphatic heterocycles. The van der Waals surface area contributed by atoms with Crippen molar-refractivity contribution >= 4 is 0 Å². The quantitative estimate of drug-likeness (QED) is 0.831. The number of furan rings is 1. The normalized spacial score (nSPS) is 22.9. The van der Waals surface area contributed by atoms with E-state index >= 15 is 0 Å². The summed E-state index contributed by atoms with van der Waals surface area (Å²) in [5.41, 5.74) is 1.16. The Kier molecular flexibility index (Phi) is 2.73. The van der Waals surface area contributed by atoms with Crippen molar-refractivity contribution in [1.82, 2.24) is 15.5 Å². The summed E-state index contributed by atoms with van der Waals surface area (Å²) in [6.45, 7) is 3.85. The predicted molar refractivity (Wildman–Crippen MR) is 64.4 cm³/mol. The molecule has 4 heteroatoms. The van der Waals surface area contributed by atoms with E-state index in [4.69, 9.17) is 4.42 Å². The average molecular weight is 231 g/mol. The molecule has 2 atom stereocenters. The van der Waals surface area contributed by atoms with Crippen molar-refractivity contribution in [3.8, 4) is 0 Å². The van der Waals surface area contributed by atoms with Gasteiger partial charge in [-0.2, -0.15) is 5.10 Å². The summed E-state index contributed by atoms with van der Waals surface area (Å²) in [6.07, 6.45) is 4.99. The summed E-state index contributed by atoms with van der Waals surface area (Å²) < 4.78 is 5.81. The third-order valence-corrected chi connectivity index (χ3v) is 3.34. The molecule has 90 valence electrons. The fourth-order valence-electron chi connectivity index (χ4n) is 2.11. The molecule has 3 rings (SSSR count). The molecule has 0 aromatic carbocycles. The molecule has 0 radical (unpaired) electrons. The van der Waals surface area contributed by atoms with Gasteiger partial charge >= 0.3 is 0 Å². The highest BCUT2D eigenvalue weighted by Gasteiger charge is 2.36. The van der Waals surface area contributed by atoms with Crippen molar-refractivity contribution in [2.75, 3.05) is 0 Å². The summed E-state index contributed by atoms with van der Waals surface area (Å²) in [4.78, 5) is 0. The highest BCUT2D eigenvalue weighted by molar-refractivity contribution is 5.17. The smallest absolute Gasteiger partial charge is 0.117 e. The van der Waals surface area contributed by atoms with Crippen LogP contribution >= 0.6 is 0 Å². The van der Waals surface area contributed by atoms with Crippen LogP contribution in [0.25, 0.3) is 0 Å². The number of nitrogens with one attached hydrogen (secondary N) is 2. The van der Waals surface area contributed by atoms with Gasteiger partial charge in [0.25, 0.3) is 0 Å². The lowest BCUT2D eigenvalue weighted by Crippen LogP contribution is -2.11. The van der Waals surface area contributed by atoms with Crippen LogP contribution in [0.5, 0.6) is 0 Å². The van der Waals surface area contributed by atoms with Crippen molar-refractivity contribution < 1.29 is 4.42 Å². The monoisotopic (exact) mass is 231 g/mol. The summed E-state index contributed by atoms with van der Waals surface area (Å²) >= 11 is 0. The van der Waals surface area contributed by atoms with E-state index in [-0.39, 0.29) is 0 Å². The molecule has 0 saturated heterocycles. The van der Waals surface area contributed by atoms with Gasteiger partial charge in [-0.3, -0.25) is 5.10 Å². The van der Waals surface area contributed by atoms with Crippen molar-refractivity contribution in [3.05, 3.63) is 41.6 Å². The van der Waals surface area contributed by atoms with Gasteiger partial charge in [0.1, 0.15) is 11.5 Å². The molecule has 2 unspecified atom stereocenters. The number of H-pyrrole nitrogens is 1. The molecule has 0 amide bonds. The zero-order valence-electron chi connectivity index (χ0n) is 9.94. The zero-order chi connectivity index (χ0) is 11.7. The summed E-state index contributed by atoms with van der Waals surface area (Å²) in [5, 5.41) is 10.0. The molecule has 2 N–H and O–H groups in total. The Balaban J connectivity index is 1.50. The first-order valence-electron chi connectivity index (χ1n) is 6.10. The Bertz CT molecular complexity index is 475. The minimum absolute atomic E-state index is 0.664. The molecule has 17 heavy (non-hydrogen) atoms. The number of hydrogen-bond acceptors (Lipinski definition) is 3. The van der Waals surface area contributed by atoms with E-state index in [1.165, 1.54) is 6.42 Å². The van der Waals surface area contributed by atoms with Gasteiger partial charge in [0.15, 0.2) is 0 Å². The zero-order valence-corrected chi connectivity index (χ0v) is 9.94. The number of rotatable bonds is 5. The van der Waals surface area contributed by atoms with Crippen LogP contribution in [-0.4, -0.2) is 10.2 Å². The highest BCUT2D eigenvalue weighted by Crippen LogP contribution is 2.47. The Morgan fingerprint density at radius 2 is 2.35 bits per heavy atom. The van der Waals surface area contributed by atoms with E-state index in [2.05, 4.69) is 34.6 Å². The number of hydrogen-bond donors (Lipinski definition) is 2. The van der Waals surface area contributed by atoms with E-state index < -0.39 is 0 Å². The van der Waals surface area contributed by atoms with E-state index in [1.54, 1.807) is 0 Å². The minimum atomic E-state index is 0.664. The first-order chi connectivity index (χ1) is 8.33. The molecular formula is C13H17N3O. The van der Waals surface area contributed by atoms with Crippen LogP contribution in [0.1, 0.15) is 36.3 Å². The summed E-state index contributed by atoms with van der Waals surface area (Å²) in [7, 11) is 0. The van der Waals surface area contributed by atoms with Crippen molar-refractivity contribution in [1.29, 1.82) is 0 Å². The second-order valence-corrected chi connectivity index (χ2v) is 4.83. The van der Waals surface area contributed by atoms with Gasteiger partial charge in [-0.05, 0) is 24.5 Å². The maximum Gasteiger partial charge on any atom is 0.117 e. The third kappa shape index (κ3) is 2.42. The van der Waals surface area contributed by atoms with Crippen LogP contribution in [0.2, 0.25) is 0 Å². The van der Waals surface area contributed by atoms with E-state index in [0.29, 0.717) is 5.92 Å². The summed E-state index contributed by atoms with van der Waals surface area (Å²) in [6, 6.07) is 4.19. The van der Waals surface area contributed by atoms with Crippen LogP contribution in [0, 0.1) is 5.92 Å². The molecular weight excluding hydrogens is 214 g/mol. The van der Waals surface area contributed by atoms with Crippen LogP contribution in [-0.2, 0) is 13.1 Å². The molecule has 2 aromatic rings. The summed E-state index contributed by atoms with van der Waals surface area (Å²) in [5.74, 6) is 3.63. The van der Waals surface area contributed by atoms with E-state index in [0.717, 1.165) is 36.1 Å². The van der Waals surface area contributed by atoms with Gasteiger partial charge in [0, 0.05) is 24.2 Å². The molecule has 1 aliphatic rings. The predicted octanol–water partition coefficient (Wildman–Crippen LogP) is 2.42. The van der Waals surface area contributed by atoms with Crippen molar-refractivity contribution in [2.45, 2.75) is 32.4 Å². The molecule has 4 nitrogen and oxygen atoms in total. The second kappa shape index (κ2) is 4.37. The van der Waals surface area contributed by atoms with Gasteiger partial charge in [-0.1, -0.05) is 6.92 Å². The minimum Gasteiger partial charge on any atom is -0.464 e. The molecule has 0 spiro atoms. The molecule has 1 saturated carbocycles. The molecule has 2 heterocycles. The first-order valence-corrected chi connectivity index (χ1v) is 6.10. The third-order valence-electron chi connectivity index (χ3n) is 3.34.